The van der Waals surface area contributed by atoms with Crippen molar-refractivity contribution in [3.63, 3.8) is 0 Å². The number of nitrogens with zero attached hydrogens (tertiary/aromatic N) is 3. The number of hydrogen-bond acceptors (Lipinski definition) is 4. The van der Waals surface area contributed by atoms with Crippen molar-refractivity contribution in [1.82, 2.24) is 14.5 Å². The summed E-state index contributed by atoms with van der Waals surface area (Å²) < 4.78 is 8.62. The Morgan fingerprint density at radius 1 is 0.648 bits per heavy atom. The molecule has 8 rings (SSSR count). The largest absolute Gasteiger partial charge is 0.507 e. The van der Waals surface area contributed by atoms with Gasteiger partial charge in [-0.15, -0.1) is 29.3 Å². The number of phenols is 1. The molecule has 0 unspecified atom stereocenters. The van der Waals surface area contributed by atoms with Gasteiger partial charge in [-0.25, -0.2) is 4.98 Å². The van der Waals surface area contributed by atoms with Gasteiger partial charge in [-0.1, -0.05) is 106 Å². The third-order valence-corrected chi connectivity index (χ3v) is 9.46. The van der Waals surface area contributed by atoms with Crippen molar-refractivity contribution in [2.45, 2.75) is 40.5 Å². The van der Waals surface area contributed by atoms with E-state index in [1.54, 1.807) is 0 Å². The Kier molecular flexibility index (Phi) is 10.8. The van der Waals surface area contributed by atoms with Gasteiger partial charge in [0.15, 0.2) is 0 Å². The zero-order chi connectivity index (χ0) is 36.5. The minimum absolute atomic E-state index is 0. The van der Waals surface area contributed by atoms with Crippen molar-refractivity contribution in [2.24, 2.45) is 11.8 Å². The quantitative estimate of drug-likeness (QED) is 0.139. The molecule has 272 valence electrons. The number of fused-ring (bicyclic) bond motifs is 3. The third kappa shape index (κ3) is 7.60. The van der Waals surface area contributed by atoms with Crippen LogP contribution >= 0.6 is 0 Å². The summed E-state index contributed by atoms with van der Waals surface area (Å²) in [5.74, 6) is 2.35. The van der Waals surface area contributed by atoms with Crippen LogP contribution in [0.4, 0.5) is 0 Å². The van der Waals surface area contributed by atoms with E-state index in [1.165, 1.54) is 5.56 Å². The molecule has 6 heteroatoms. The maximum absolute atomic E-state index is 12.0. The Bertz CT molecular complexity index is 2510. The summed E-state index contributed by atoms with van der Waals surface area (Å²) in [7, 11) is 0. The van der Waals surface area contributed by atoms with E-state index in [0.29, 0.717) is 40.2 Å². The van der Waals surface area contributed by atoms with Crippen LogP contribution in [-0.2, 0) is 33.9 Å². The van der Waals surface area contributed by atoms with Crippen molar-refractivity contribution in [3.8, 4) is 56.6 Å². The molecule has 0 aliphatic rings. The minimum atomic E-state index is 0. The molecule has 1 N–H and O–H groups in total. The summed E-state index contributed by atoms with van der Waals surface area (Å²) in [6.07, 6.45) is 3.61. The topological polar surface area (TPSA) is 60.2 Å². The van der Waals surface area contributed by atoms with Crippen LogP contribution in [0.1, 0.15) is 38.8 Å². The first-order chi connectivity index (χ1) is 25.8. The molecule has 5 aromatic carbocycles. The predicted octanol–water partition coefficient (Wildman–Crippen LogP) is 12.3. The number of rotatable bonds is 10. The van der Waals surface area contributed by atoms with Crippen molar-refractivity contribution in [2.75, 3.05) is 0 Å². The Morgan fingerprint density at radius 2 is 1.28 bits per heavy atom. The molecule has 0 spiro atoms. The monoisotopic (exact) mass is 887 g/mol. The summed E-state index contributed by atoms with van der Waals surface area (Å²) >= 11 is 0. The number of phenolic OH excluding ortho intramolecular Hbond substituents is 1. The van der Waals surface area contributed by atoms with Crippen molar-refractivity contribution >= 4 is 21.9 Å². The van der Waals surface area contributed by atoms with Crippen LogP contribution in [0.2, 0.25) is 0 Å². The molecule has 54 heavy (non-hydrogen) atoms. The smallest absolute Gasteiger partial charge is 0.144 e. The first-order valence-electron chi connectivity index (χ1n) is 18.4. The van der Waals surface area contributed by atoms with E-state index < -0.39 is 0 Å². The SMILES string of the molecule is CC(C)Cc1cc(-c2cc(CC(C)C)cc(-c3cc(Oc4ccccc4)cc(-c4ccccc4)c3O)n2)[c-]c(-n2c3ccccc3c3cccnc32)c1.[Pt]. The number of benzene rings is 5. The summed E-state index contributed by atoms with van der Waals surface area (Å²) in [6.45, 7) is 8.94. The Hall–Kier alpha value is -5.51. The fraction of sp³-hybridized carbons (Fsp3) is 0.167. The molecule has 0 atom stereocenters. The van der Waals surface area contributed by atoms with Gasteiger partial charge in [-0.2, -0.15) is 0 Å². The van der Waals surface area contributed by atoms with Crippen LogP contribution in [0.25, 0.3) is 61.3 Å². The standard InChI is InChI=1S/C48H42N3O2.Pt/c1-31(2)22-33-24-36(28-37(25-33)51-46-20-12-11-18-40(46)41-19-13-21-49-48(41)51)44-26-34(23-32(3)4)27-45(50-44)43-30-39(53-38-16-9-6-10-17-38)29-42(47(43)52)35-14-7-5-8-15-35;/h5-21,24-27,29-32,52H,22-23H2,1-4H3;/q-1;. The molecule has 0 bridgehead atoms. The summed E-state index contributed by atoms with van der Waals surface area (Å²) in [6, 6.07) is 48.6. The Morgan fingerprint density at radius 3 is 2.02 bits per heavy atom. The van der Waals surface area contributed by atoms with Crippen molar-refractivity contribution in [3.05, 3.63) is 157 Å². The van der Waals surface area contributed by atoms with Crippen molar-refractivity contribution in [1.29, 1.82) is 0 Å². The van der Waals surface area contributed by atoms with Crippen LogP contribution in [-0.4, -0.2) is 19.6 Å². The average molecular weight is 888 g/mol. The molecule has 0 saturated carbocycles. The van der Waals surface area contributed by atoms with E-state index in [-0.39, 0.29) is 26.8 Å². The normalized spacial score (nSPS) is 11.4. The van der Waals surface area contributed by atoms with Gasteiger partial charge in [-0.3, -0.25) is 4.98 Å². The molecule has 8 aromatic rings. The average Bonchev–Trinajstić information content (AvgIpc) is 3.50. The van der Waals surface area contributed by atoms with E-state index in [1.807, 2.05) is 85.1 Å². The fourth-order valence-corrected chi connectivity index (χ4v) is 7.28. The molecule has 0 amide bonds. The summed E-state index contributed by atoms with van der Waals surface area (Å²) in [4.78, 5) is 10.2. The second-order valence-corrected chi connectivity index (χ2v) is 14.6. The van der Waals surface area contributed by atoms with E-state index >= 15 is 0 Å². The van der Waals surface area contributed by atoms with Crippen LogP contribution < -0.4 is 4.74 Å². The molecule has 3 heterocycles. The molecular weight excluding hydrogens is 846 g/mol. The van der Waals surface area contributed by atoms with Gasteiger partial charge in [0.05, 0.1) is 11.2 Å². The maximum atomic E-state index is 12.0. The zero-order valence-electron chi connectivity index (χ0n) is 30.9. The number of hydrogen-bond donors (Lipinski definition) is 1. The summed E-state index contributed by atoms with van der Waals surface area (Å²) in [5.41, 5.74) is 9.79. The molecule has 0 aliphatic heterocycles. The molecular formula is C48H42N3O2Pt-. The van der Waals surface area contributed by atoms with E-state index in [2.05, 4.69) is 92.9 Å². The molecule has 5 nitrogen and oxygen atoms in total. The van der Waals surface area contributed by atoms with Gasteiger partial charge in [0.1, 0.15) is 22.9 Å². The first-order valence-corrected chi connectivity index (χ1v) is 18.4. The first kappa shape index (κ1) is 36.8. The maximum Gasteiger partial charge on any atom is 0.144 e. The van der Waals surface area contributed by atoms with Gasteiger partial charge in [0.25, 0.3) is 0 Å². The molecule has 0 saturated heterocycles. The molecule has 0 fully saturated rings. The number of ether oxygens (including phenoxy) is 1. The number of aromatic nitrogens is 3. The second kappa shape index (κ2) is 15.8. The minimum Gasteiger partial charge on any atom is -0.507 e. The van der Waals surface area contributed by atoms with Crippen LogP contribution in [0, 0.1) is 17.9 Å². The van der Waals surface area contributed by atoms with Gasteiger partial charge in [-0.05, 0) is 90.2 Å². The molecule has 3 aromatic heterocycles. The second-order valence-electron chi connectivity index (χ2n) is 14.6. The van der Waals surface area contributed by atoms with Crippen LogP contribution in [0.5, 0.6) is 17.2 Å². The van der Waals surface area contributed by atoms with Gasteiger partial charge < -0.3 is 14.4 Å². The zero-order valence-corrected chi connectivity index (χ0v) is 33.1. The van der Waals surface area contributed by atoms with Crippen LogP contribution in [0.15, 0.2) is 140 Å². The number of aromatic hydroxyl groups is 1. The number of pyridine rings is 2. The summed E-state index contributed by atoms with van der Waals surface area (Å²) in [5, 5.41) is 14.3. The predicted molar refractivity (Wildman–Crippen MR) is 217 cm³/mol. The Labute approximate surface area is 331 Å². The third-order valence-electron chi connectivity index (χ3n) is 9.46. The van der Waals surface area contributed by atoms with E-state index in [9.17, 15) is 5.11 Å². The van der Waals surface area contributed by atoms with Crippen molar-refractivity contribution < 1.29 is 30.9 Å². The van der Waals surface area contributed by atoms with Crippen LogP contribution in [0.3, 0.4) is 0 Å². The van der Waals surface area contributed by atoms with E-state index in [4.69, 9.17) is 14.7 Å². The number of para-hydroxylation sites is 2. The fourth-order valence-electron chi connectivity index (χ4n) is 7.28. The van der Waals surface area contributed by atoms with Gasteiger partial charge >= 0.3 is 0 Å². The van der Waals surface area contributed by atoms with E-state index in [0.717, 1.165) is 62.8 Å². The molecule has 0 radical (unpaired) electrons. The van der Waals surface area contributed by atoms with Gasteiger partial charge in [0.2, 0.25) is 0 Å². The molecule has 0 aliphatic carbocycles. The Balaban J connectivity index is 0.00000450. The van der Waals surface area contributed by atoms with Gasteiger partial charge in [0, 0.05) is 49.2 Å².